The molecule has 1 aromatic carbocycles. The van der Waals surface area contributed by atoms with Crippen LogP contribution >= 0.6 is 23.1 Å². The summed E-state index contributed by atoms with van der Waals surface area (Å²) in [6.45, 7) is 9.49. The van der Waals surface area contributed by atoms with Crippen LogP contribution in [0.4, 0.5) is 10.7 Å². The first-order valence-corrected chi connectivity index (χ1v) is 15.6. The zero-order valence-electron chi connectivity index (χ0n) is 25.0. The van der Waals surface area contributed by atoms with Gasteiger partial charge in [-0.25, -0.2) is 9.59 Å². The largest absolute Gasteiger partial charge is 0.462 e. The quantitative estimate of drug-likeness (QED) is 0.100. The molecular weight excluding hydrogens is 612 g/mol. The van der Waals surface area contributed by atoms with Gasteiger partial charge in [-0.3, -0.25) is 19.7 Å². The maximum atomic E-state index is 13.3. The number of nitro groups is 1. The van der Waals surface area contributed by atoms with Gasteiger partial charge in [-0.1, -0.05) is 25.1 Å². The van der Waals surface area contributed by atoms with E-state index in [2.05, 4.69) is 20.8 Å². The molecule has 1 atom stereocenters. The highest BCUT2D eigenvalue weighted by molar-refractivity contribution is 8.00. The van der Waals surface area contributed by atoms with E-state index in [9.17, 15) is 29.3 Å². The molecule has 2 heterocycles. The van der Waals surface area contributed by atoms with Crippen LogP contribution < -0.4 is 10.6 Å². The third-order valence-electron chi connectivity index (χ3n) is 6.25. The summed E-state index contributed by atoms with van der Waals surface area (Å²) in [6.07, 6.45) is 1.67. The molecule has 16 heteroatoms. The Morgan fingerprint density at radius 3 is 2.34 bits per heavy atom. The van der Waals surface area contributed by atoms with Crippen LogP contribution in [0.3, 0.4) is 0 Å². The first kappa shape index (κ1) is 34.2. The number of ether oxygens (including phenoxy) is 2. The van der Waals surface area contributed by atoms with Crippen LogP contribution in [0.5, 0.6) is 0 Å². The molecule has 3 aromatic rings. The van der Waals surface area contributed by atoms with E-state index >= 15 is 0 Å². The molecule has 2 amide bonds. The van der Waals surface area contributed by atoms with Crippen molar-refractivity contribution in [3.63, 3.8) is 0 Å². The van der Waals surface area contributed by atoms with Gasteiger partial charge >= 0.3 is 11.9 Å². The summed E-state index contributed by atoms with van der Waals surface area (Å²) in [4.78, 5) is 61.6. The van der Waals surface area contributed by atoms with Gasteiger partial charge in [0.2, 0.25) is 5.91 Å². The fourth-order valence-corrected chi connectivity index (χ4v) is 5.93. The Morgan fingerprint density at radius 1 is 1.07 bits per heavy atom. The molecule has 2 aromatic heterocycles. The van der Waals surface area contributed by atoms with Crippen LogP contribution in [0.25, 0.3) is 0 Å². The number of benzene rings is 1. The lowest BCUT2D eigenvalue weighted by atomic mass is 10.1. The zero-order chi connectivity index (χ0) is 32.4. The average Bonchev–Trinajstić information content (AvgIpc) is 3.53. The number of carbonyl (C=O) groups excluding carboxylic acids is 4. The van der Waals surface area contributed by atoms with Crippen molar-refractivity contribution in [3.05, 3.63) is 61.8 Å². The van der Waals surface area contributed by atoms with Crippen LogP contribution in [0.2, 0.25) is 0 Å². The highest BCUT2D eigenvalue weighted by Crippen LogP contribution is 2.35. The molecule has 2 N–H and O–H groups in total. The second kappa shape index (κ2) is 16.0. The van der Waals surface area contributed by atoms with Gasteiger partial charge < -0.3 is 24.7 Å². The first-order valence-electron chi connectivity index (χ1n) is 13.9. The van der Waals surface area contributed by atoms with Gasteiger partial charge in [-0.2, -0.15) is 0 Å². The van der Waals surface area contributed by atoms with E-state index in [1.54, 1.807) is 27.7 Å². The van der Waals surface area contributed by atoms with Gasteiger partial charge in [0.1, 0.15) is 9.88 Å². The summed E-state index contributed by atoms with van der Waals surface area (Å²) in [5.74, 6) is -1.65. The molecule has 0 aliphatic carbocycles. The minimum absolute atomic E-state index is 0.0433. The highest BCUT2D eigenvalue weighted by Gasteiger charge is 2.29. The van der Waals surface area contributed by atoms with Crippen molar-refractivity contribution in [2.24, 2.45) is 0 Å². The molecule has 3 rings (SSSR count). The Kier molecular flexibility index (Phi) is 12.4. The molecule has 236 valence electrons. The molecule has 14 nitrogen and oxygen atoms in total. The predicted molar refractivity (Wildman–Crippen MR) is 164 cm³/mol. The minimum atomic E-state index is -0.689. The van der Waals surface area contributed by atoms with E-state index in [4.69, 9.17) is 9.47 Å². The van der Waals surface area contributed by atoms with Gasteiger partial charge in [0.05, 0.1) is 35.5 Å². The van der Waals surface area contributed by atoms with Crippen molar-refractivity contribution in [2.45, 2.75) is 71.0 Å². The van der Waals surface area contributed by atoms with Crippen LogP contribution in [0, 0.1) is 17.0 Å². The van der Waals surface area contributed by atoms with Crippen molar-refractivity contribution >= 4 is 57.5 Å². The van der Waals surface area contributed by atoms with Gasteiger partial charge in [-0.15, -0.1) is 21.5 Å². The summed E-state index contributed by atoms with van der Waals surface area (Å²) >= 11 is 2.10. The van der Waals surface area contributed by atoms with E-state index in [0.717, 1.165) is 35.9 Å². The standard InChI is InChI=1S/C28H34N6O8S2/c1-6-9-14-33-20(15-29-24(36)18-10-12-19(13-11-18)34(39)40)31-32-28(33)43-17(5)23(35)30-25-21(26(37)41-7-2)16(4)22(44-25)27(38)42-8-3/h10-13,17H,6-9,14-15H2,1-5H3,(H,29,36)(H,30,35). The summed E-state index contributed by atoms with van der Waals surface area (Å²) in [5.41, 5.74) is 0.600. The number of hydrogen-bond acceptors (Lipinski definition) is 12. The number of amides is 2. The Hall–Kier alpha value is -4.31. The molecule has 1 unspecified atom stereocenters. The van der Waals surface area contributed by atoms with Crippen molar-refractivity contribution in [1.29, 1.82) is 0 Å². The SMILES string of the molecule is CCCCn1c(CNC(=O)c2ccc([N+](=O)[O-])cc2)nnc1SC(C)C(=O)Nc1sc(C(=O)OCC)c(C)c1C(=O)OCC. The second-order valence-electron chi connectivity index (χ2n) is 9.34. The fraction of sp³-hybridized carbons (Fsp3) is 0.429. The normalized spacial score (nSPS) is 11.5. The molecule has 0 radical (unpaired) electrons. The van der Waals surface area contributed by atoms with Crippen LogP contribution in [-0.2, 0) is 27.4 Å². The molecule has 0 aliphatic heterocycles. The number of rotatable bonds is 15. The number of aromatic nitrogens is 3. The monoisotopic (exact) mass is 646 g/mol. The van der Waals surface area contributed by atoms with E-state index in [1.165, 1.54) is 24.3 Å². The van der Waals surface area contributed by atoms with Crippen LogP contribution in [0.1, 0.15) is 82.3 Å². The molecule has 0 saturated carbocycles. The van der Waals surface area contributed by atoms with Gasteiger partial charge in [0.25, 0.3) is 11.6 Å². The lowest BCUT2D eigenvalue weighted by Crippen LogP contribution is -2.25. The van der Waals surface area contributed by atoms with Crippen LogP contribution in [-0.4, -0.2) is 61.9 Å². The summed E-state index contributed by atoms with van der Waals surface area (Å²) in [6, 6.07) is 5.25. The number of hydrogen-bond donors (Lipinski definition) is 2. The fourth-order valence-electron chi connectivity index (χ4n) is 3.94. The molecule has 0 fully saturated rings. The molecular formula is C28H34N6O8S2. The Morgan fingerprint density at radius 2 is 1.73 bits per heavy atom. The second-order valence-corrected chi connectivity index (χ2v) is 11.7. The lowest BCUT2D eigenvalue weighted by Gasteiger charge is -2.14. The number of esters is 2. The van der Waals surface area contributed by atoms with E-state index in [1.807, 2.05) is 11.5 Å². The topological polar surface area (TPSA) is 185 Å². The highest BCUT2D eigenvalue weighted by atomic mass is 32.2. The molecule has 0 aliphatic rings. The lowest BCUT2D eigenvalue weighted by molar-refractivity contribution is -0.384. The Bertz CT molecular complexity index is 1520. The Balaban J connectivity index is 1.76. The maximum absolute atomic E-state index is 13.3. The van der Waals surface area contributed by atoms with Gasteiger partial charge in [-0.05, 0) is 51.8 Å². The number of nitrogens with one attached hydrogen (secondary N) is 2. The number of carbonyl (C=O) groups is 4. The van der Waals surface area contributed by atoms with Crippen molar-refractivity contribution < 1.29 is 33.6 Å². The zero-order valence-corrected chi connectivity index (χ0v) is 26.6. The third kappa shape index (κ3) is 8.41. The minimum Gasteiger partial charge on any atom is -0.462 e. The number of thioether (sulfide) groups is 1. The summed E-state index contributed by atoms with van der Waals surface area (Å²) in [7, 11) is 0. The van der Waals surface area contributed by atoms with Gasteiger partial charge in [0.15, 0.2) is 11.0 Å². The van der Waals surface area contributed by atoms with Crippen molar-refractivity contribution in [3.8, 4) is 0 Å². The van der Waals surface area contributed by atoms with Crippen molar-refractivity contribution in [2.75, 3.05) is 18.5 Å². The van der Waals surface area contributed by atoms with E-state index in [0.29, 0.717) is 23.1 Å². The van der Waals surface area contributed by atoms with E-state index < -0.39 is 33.9 Å². The summed E-state index contributed by atoms with van der Waals surface area (Å²) < 4.78 is 12.1. The smallest absolute Gasteiger partial charge is 0.348 e. The first-order chi connectivity index (χ1) is 21.0. The van der Waals surface area contributed by atoms with Crippen LogP contribution in [0.15, 0.2) is 29.4 Å². The predicted octanol–water partition coefficient (Wildman–Crippen LogP) is 4.76. The number of anilines is 1. The van der Waals surface area contributed by atoms with Crippen molar-refractivity contribution in [1.82, 2.24) is 20.1 Å². The molecule has 44 heavy (non-hydrogen) atoms. The summed E-state index contributed by atoms with van der Waals surface area (Å²) in [5, 5.41) is 24.8. The Labute approximate surface area is 262 Å². The number of nitro benzene ring substituents is 1. The van der Waals surface area contributed by atoms with Gasteiger partial charge in [0, 0.05) is 24.2 Å². The number of thiophene rings is 1. The number of nitrogens with zero attached hydrogens (tertiary/aromatic N) is 4. The number of unbranched alkanes of at least 4 members (excludes halogenated alkanes) is 1. The molecule has 0 spiro atoms. The molecule has 0 bridgehead atoms. The number of non-ortho nitro benzene ring substituents is 1. The third-order valence-corrected chi connectivity index (χ3v) is 8.52. The molecule has 0 saturated heterocycles. The van der Waals surface area contributed by atoms with E-state index in [-0.39, 0.29) is 46.5 Å². The average molecular weight is 647 g/mol. The maximum Gasteiger partial charge on any atom is 0.348 e.